The number of benzene rings is 1. The lowest BCUT2D eigenvalue weighted by molar-refractivity contribution is -0.384. The van der Waals surface area contributed by atoms with Crippen molar-refractivity contribution in [3.8, 4) is 0 Å². The lowest BCUT2D eigenvalue weighted by Crippen LogP contribution is -2.51. The van der Waals surface area contributed by atoms with Gasteiger partial charge in [0.2, 0.25) is 0 Å². The van der Waals surface area contributed by atoms with Gasteiger partial charge in [-0.05, 0) is 98.2 Å². The van der Waals surface area contributed by atoms with E-state index in [0.29, 0.717) is 5.92 Å². The lowest BCUT2D eigenvalue weighted by Gasteiger charge is -2.57. The molecule has 0 spiro atoms. The van der Waals surface area contributed by atoms with Crippen molar-refractivity contribution in [2.45, 2.75) is 71.3 Å². The summed E-state index contributed by atoms with van der Waals surface area (Å²) >= 11 is 0. The maximum absolute atomic E-state index is 10.8. The molecule has 0 radical (unpaired) electrons. The largest absolute Gasteiger partial charge is 0.393 e. The summed E-state index contributed by atoms with van der Waals surface area (Å²) in [6, 6.07) is 6.39. The van der Waals surface area contributed by atoms with Crippen LogP contribution < -0.4 is 5.43 Å². The van der Waals surface area contributed by atoms with Gasteiger partial charge in [-0.3, -0.25) is 15.5 Å². The van der Waals surface area contributed by atoms with E-state index in [9.17, 15) is 15.2 Å². The number of rotatable bonds is 3. The Hall–Kier alpha value is -2.21. The van der Waals surface area contributed by atoms with Gasteiger partial charge < -0.3 is 5.11 Å². The Bertz CT molecular complexity index is 940. The standard InChI is InChI=1S/C25H33N3O3/c1-24-13-11-18(27-26-17-4-6-19(7-5-17)28(30)31)15-16(24)3-8-20-21-9-10-23(29)25(21,2)14-12-22(20)24/h4-7,15,20-23,26,29H,3,8-14H2,1-2H3. The summed E-state index contributed by atoms with van der Waals surface area (Å²) in [7, 11) is 0. The molecule has 166 valence electrons. The number of non-ortho nitro benzene ring substituents is 1. The molecule has 0 amide bonds. The number of nitro benzene ring substituents is 1. The van der Waals surface area contributed by atoms with Crippen molar-refractivity contribution >= 4 is 17.1 Å². The van der Waals surface area contributed by atoms with Crippen LogP contribution in [-0.4, -0.2) is 21.8 Å². The fourth-order valence-electron chi connectivity index (χ4n) is 7.43. The molecule has 0 heterocycles. The molecule has 31 heavy (non-hydrogen) atoms. The summed E-state index contributed by atoms with van der Waals surface area (Å²) in [5, 5.41) is 26.1. The van der Waals surface area contributed by atoms with Crippen LogP contribution in [0.2, 0.25) is 0 Å². The molecule has 0 saturated heterocycles. The minimum Gasteiger partial charge on any atom is -0.393 e. The second-order valence-electron chi connectivity index (χ2n) is 10.7. The number of hydrazone groups is 1. The first-order chi connectivity index (χ1) is 14.8. The van der Waals surface area contributed by atoms with Gasteiger partial charge in [-0.2, -0.15) is 5.10 Å². The number of hydrogen-bond donors (Lipinski definition) is 2. The highest BCUT2D eigenvalue weighted by molar-refractivity contribution is 5.97. The Labute approximate surface area is 184 Å². The smallest absolute Gasteiger partial charge is 0.269 e. The van der Waals surface area contributed by atoms with Crippen molar-refractivity contribution in [1.82, 2.24) is 0 Å². The summed E-state index contributed by atoms with van der Waals surface area (Å²) in [5.74, 6) is 2.15. The molecular formula is C25H33N3O3. The number of anilines is 1. The summed E-state index contributed by atoms with van der Waals surface area (Å²) in [6.45, 7) is 4.82. The number of aliphatic hydroxyl groups is 1. The molecule has 4 aliphatic rings. The van der Waals surface area contributed by atoms with Crippen LogP contribution in [0.1, 0.15) is 65.2 Å². The second kappa shape index (κ2) is 7.44. The minimum atomic E-state index is -0.390. The van der Waals surface area contributed by atoms with Gasteiger partial charge in [0.05, 0.1) is 22.4 Å². The van der Waals surface area contributed by atoms with Crippen LogP contribution in [0.3, 0.4) is 0 Å². The molecule has 3 saturated carbocycles. The number of nitrogens with one attached hydrogen (secondary N) is 1. The quantitative estimate of drug-likeness (QED) is 0.483. The predicted molar refractivity (Wildman–Crippen MR) is 122 cm³/mol. The SMILES string of the molecule is CC12CCC(=NNc3ccc([N+](=O)[O-])cc3)C=C1CCC1C2CCC2(C)C(O)CCC12. The van der Waals surface area contributed by atoms with Crippen LogP contribution in [0.25, 0.3) is 0 Å². The maximum atomic E-state index is 10.8. The highest BCUT2D eigenvalue weighted by Gasteiger charge is 2.58. The summed E-state index contributed by atoms with van der Waals surface area (Å²) < 4.78 is 0. The molecule has 1 aromatic rings. The van der Waals surface area contributed by atoms with Gasteiger partial charge in [0.1, 0.15) is 0 Å². The molecule has 5 rings (SSSR count). The lowest BCUT2D eigenvalue weighted by atomic mass is 9.47. The number of hydrogen-bond acceptors (Lipinski definition) is 5. The van der Waals surface area contributed by atoms with Gasteiger partial charge >= 0.3 is 0 Å². The Balaban J connectivity index is 1.33. The highest BCUT2D eigenvalue weighted by atomic mass is 16.6. The van der Waals surface area contributed by atoms with Crippen molar-refractivity contribution < 1.29 is 10.0 Å². The first-order valence-corrected chi connectivity index (χ1v) is 11.8. The van der Waals surface area contributed by atoms with Crippen molar-refractivity contribution in [2.24, 2.45) is 33.7 Å². The van der Waals surface area contributed by atoms with E-state index in [1.165, 1.54) is 31.4 Å². The first kappa shape index (κ1) is 20.7. The van der Waals surface area contributed by atoms with Gasteiger partial charge in [0.25, 0.3) is 5.69 Å². The van der Waals surface area contributed by atoms with E-state index in [1.54, 1.807) is 17.7 Å². The molecule has 0 aromatic heterocycles. The first-order valence-electron chi connectivity index (χ1n) is 11.8. The normalized spacial score (nSPS) is 40.5. The molecule has 2 N–H and O–H groups in total. The third-order valence-electron chi connectivity index (χ3n) is 9.33. The molecule has 4 aliphatic carbocycles. The molecule has 3 fully saturated rings. The maximum Gasteiger partial charge on any atom is 0.269 e. The van der Waals surface area contributed by atoms with E-state index in [0.717, 1.165) is 55.3 Å². The number of aliphatic hydroxyl groups excluding tert-OH is 1. The zero-order valence-electron chi connectivity index (χ0n) is 18.5. The van der Waals surface area contributed by atoms with Crippen LogP contribution in [0, 0.1) is 38.7 Å². The number of fused-ring (bicyclic) bond motifs is 5. The number of allylic oxidation sites excluding steroid dienone is 2. The van der Waals surface area contributed by atoms with E-state index in [2.05, 4.69) is 30.5 Å². The average Bonchev–Trinajstić information content (AvgIpc) is 3.07. The molecule has 6 heteroatoms. The third kappa shape index (κ3) is 3.30. The molecule has 0 bridgehead atoms. The van der Waals surface area contributed by atoms with Gasteiger partial charge in [-0.1, -0.05) is 19.4 Å². The fourth-order valence-corrected chi connectivity index (χ4v) is 7.43. The fraction of sp³-hybridized carbons (Fsp3) is 0.640. The molecular weight excluding hydrogens is 390 g/mol. The van der Waals surface area contributed by atoms with Crippen LogP contribution in [0.15, 0.2) is 41.0 Å². The zero-order chi connectivity index (χ0) is 21.8. The zero-order valence-corrected chi connectivity index (χ0v) is 18.5. The van der Waals surface area contributed by atoms with Gasteiger partial charge in [0.15, 0.2) is 0 Å². The monoisotopic (exact) mass is 423 g/mol. The number of nitro groups is 1. The molecule has 6 unspecified atom stereocenters. The third-order valence-corrected chi connectivity index (χ3v) is 9.33. The Morgan fingerprint density at radius 2 is 1.84 bits per heavy atom. The predicted octanol–water partition coefficient (Wildman–Crippen LogP) is 5.69. The Morgan fingerprint density at radius 1 is 1.06 bits per heavy atom. The average molecular weight is 424 g/mol. The second-order valence-corrected chi connectivity index (χ2v) is 10.7. The van der Waals surface area contributed by atoms with Crippen molar-refractivity contribution in [2.75, 3.05) is 5.43 Å². The topological polar surface area (TPSA) is 87.8 Å². The van der Waals surface area contributed by atoms with Gasteiger partial charge in [0, 0.05) is 12.1 Å². The molecule has 0 aliphatic heterocycles. The van der Waals surface area contributed by atoms with Gasteiger partial charge in [-0.25, -0.2) is 0 Å². The summed E-state index contributed by atoms with van der Waals surface area (Å²) in [6.07, 6.45) is 11.2. The summed E-state index contributed by atoms with van der Waals surface area (Å²) in [4.78, 5) is 10.4. The van der Waals surface area contributed by atoms with Crippen LogP contribution >= 0.6 is 0 Å². The van der Waals surface area contributed by atoms with Gasteiger partial charge in [-0.15, -0.1) is 0 Å². The van der Waals surface area contributed by atoms with Crippen molar-refractivity contribution in [3.63, 3.8) is 0 Å². The van der Waals surface area contributed by atoms with E-state index >= 15 is 0 Å². The van der Waals surface area contributed by atoms with Crippen LogP contribution in [0.5, 0.6) is 0 Å². The Kier molecular flexibility index (Phi) is 4.96. The molecule has 6 nitrogen and oxygen atoms in total. The molecule has 1 aromatic carbocycles. The van der Waals surface area contributed by atoms with E-state index < -0.39 is 4.92 Å². The van der Waals surface area contributed by atoms with Crippen LogP contribution in [0.4, 0.5) is 11.4 Å². The summed E-state index contributed by atoms with van der Waals surface area (Å²) in [5.41, 5.74) is 6.93. The molecule has 6 atom stereocenters. The van der Waals surface area contributed by atoms with Crippen molar-refractivity contribution in [1.29, 1.82) is 0 Å². The highest BCUT2D eigenvalue weighted by Crippen LogP contribution is 2.65. The van der Waals surface area contributed by atoms with E-state index in [4.69, 9.17) is 0 Å². The van der Waals surface area contributed by atoms with Crippen LogP contribution in [-0.2, 0) is 0 Å². The van der Waals surface area contributed by atoms with Crippen molar-refractivity contribution in [3.05, 3.63) is 46.0 Å². The Morgan fingerprint density at radius 3 is 2.58 bits per heavy atom. The number of nitrogens with zero attached hydrogens (tertiary/aromatic N) is 2. The van der Waals surface area contributed by atoms with E-state index in [1.807, 2.05) is 0 Å². The minimum absolute atomic E-state index is 0.0869. The van der Waals surface area contributed by atoms with E-state index in [-0.39, 0.29) is 22.6 Å².